The van der Waals surface area contributed by atoms with Gasteiger partial charge in [-0.1, -0.05) is 23.2 Å². The highest BCUT2D eigenvalue weighted by atomic mass is 35.5. The molecule has 0 radical (unpaired) electrons. The molecule has 1 aromatic rings. The fourth-order valence-corrected chi connectivity index (χ4v) is 2.36. The van der Waals surface area contributed by atoms with E-state index in [0.717, 1.165) is 24.3 Å². The smallest absolute Gasteiger partial charge is 0.339 e. The van der Waals surface area contributed by atoms with Crippen LogP contribution in [0.4, 0.5) is 5.69 Å². The number of benzene rings is 1. The maximum absolute atomic E-state index is 11.8. The van der Waals surface area contributed by atoms with E-state index in [2.05, 4.69) is 9.46 Å². The van der Waals surface area contributed by atoms with Crippen LogP contribution in [0.25, 0.3) is 0 Å². The van der Waals surface area contributed by atoms with Gasteiger partial charge >= 0.3 is 5.97 Å². The molecular weight excluding hydrogens is 347 g/mol. The number of hydrogen-bond acceptors (Lipinski definition) is 6. The Morgan fingerprint density at radius 2 is 1.90 bits per heavy atom. The van der Waals surface area contributed by atoms with Crippen molar-refractivity contribution in [2.45, 2.75) is 9.73 Å². The molecule has 116 valence electrons. The lowest BCUT2D eigenvalue weighted by atomic mass is 10.3. The van der Waals surface area contributed by atoms with E-state index in [0.29, 0.717) is 0 Å². The quantitative estimate of drug-likeness (QED) is 0.258. The lowest BCUT2D eigenvalue weighted by Crippen LogP contribution is -2.29. The zero-order valence-corrected chi connectivity index (χ0v) is 12.7. The summed E-state index contributed by atoms with van der Waals surface area (Å²) in [6.07, 6.45) is 0. The largest absolute Gasteiger partial charge is 0.462 e. The second-order valence-corrected chi connectivity index (χ2v) is 6.48. The number of carbonyl (C=O) groups excluding carboxylic acids is 1. The third-order valence-electron chi connectivity index (χ3n) is 2.17. The topological polar surface area (TPSA) is 116 Å². The fraction of sp³-hybridized carbons (Fsp3) is 0.300. The van der Waals surface area contributed by atoms with Gasteiger partial charge < -0.3 is 4.74 Å². The summed E-state index contributed by atoms with van der Waals surface area (Å²) < 4.78 is 30.4. The summed E-state index contributed by atoms with van der Waals surface area (Å²) in [6.45, 7) is -0.438. The Kier molecular flexibility index (Phi) is 6.34. The molecule has 0 bridgehead atoms. The Bertz CT molecular complexity index is 617. The first-order valence-electron chi connectivity index (χ1n) is 5.43. The highest BCUT2D eigenvalue weighted by Gasteiger charge is 2.16. The van der Waals surface area contributed by atoms with Gasteiger partial charge in [-0.25, -0.2) is 17.9 Å². The van der Waals surface area contributed by atoms with Gasteiger partial charge in [0.2, 0.25) is 14.9 Å². The van der Waals surface area contributed by atoms with E-state index < -0.39 is 25.8 Å². The predicted molar refractivity (Wildman–Crippen MR) is 74.7 cm³/mol. The van der Waals surface area contributed by atoms with Crippen LogP contribution in [0.3, 0.4) is 0 Å². The molecule has 0 saturated heterocycles. The zero-order valence-electron chi connectivity index (χ0n) is 10.4. The van der Waals surface area contributed by atoms with Gasteiger partial charge in [0.1, 0.15) is 6.61 Å². The molecule has 0 saturated carbocycles. The lowest BCUT2D eigenvalue weighted by Gasteiger charge is -2.07. The molecule has 1 N–H and O–H groups in total. The van der Waals surface area contributed by atoms with Crippen molar-refractivity contribution in [3.63, 3.8) is 0 Å². The predicted octanol–water partition coefficient (Wildman–Crippen LogP) is 1.22. The second kappa shape index (κ2) is 7.55. The van der Waals surface area contributed by atoms with Crippen molar-refractivity contribution >= 4 is 44.9 Å². The van der Waals surface area contributed by atoms with Crippen LogP contribution in [0.15, 0.2) is 29.2 Å². The molecule has 8 nitrogen and oxygen atoms in total. The van der Waals surface area contributed by atoms with Gasteiger partial charge in [-0.05, 0) is 12.1 Å². The summed E-state index contributed by atoms with van der Waals surface area (Å²) in [7, 11) is -3.85. The number of nitro benzene ring substituents is 1. The van der Waals surface area contributed by atoms with Gasteiger partial charge in [0.25, 0.3) is 5.69 Å². The molecule has 1 aromatic carbocycles. The summed E-state index contributed by atoms with van der Waals surface area (Å²) in [5.41, 5.74) is -0.224. The summed E-state index contributed by atoms with van der Waals surface area (Å²) in [4.78, 5) is 19.2. The van der Waals surface area contributed by atoms with Gasteiger partial charge in [0.05, 0.1) is 9.82 Å². The first-order chi connectivity index (χ1) is 9.74. The lowest BCUT2D eigenvalue weighted by molar-refractivity contribution is -0.384. The number of rotatable bonds is 7. The molecule has 0 fully saturated rings. The minimum atomic E-state index is -3.85. The molecule has 21 heavy (non-hydrogen) atoms. The first kappa shape index (κ1) is 17.6. The third kappa shape index (κ3) is 5.46. The normalized spacial score (nSPS) is 11.4. The van der Waals surface area contributed by atoms with E-state index in [9.17, 15) is 23.3 Å². The monoisotopic (exact) mass is 356 g/mol. The van der Waals surface area contributed by atoms with Crippen LogP contribution in [-0.4, -0.2) is 37.3 Å². The summed E-state index contributed by atoms with van der Waals surface area (Å²) >= 11 is 10.5. The number of alkyl halides is 2. The summed E-state index contributed by atoms with van der Waals surface area (Å²) in [5.74, 6) is -0.882. The molecule has 11 heteroatoms. The van der Waals surface area contributed by atoms with Crippen molar-refractivity contribution in [1.82, 2.24) is 4.72 Å². The molecule has 1 rings (SSSR count). The van der Waals surface area contributed by atoms with Crippen LogP contribution in [0, 0.1) is 10.1 Å². The van der Waals surface area contributed by atoms with Crippen molar-refractivity contribution < 1.29 is 22.9 Å². The maximum Gasteiger partial charge on any atom is 0.339 e. The Hall–Kier alpha value is -1.42. The number of esters is 1. The van der Waals surface area contributed by atoms with E-state index >= 15 is 0 Å². The third-order valence-corrected chi connectivity index (χ3v) is 4.01. The van der Waals surface area contributed by atoms with Gasteiger partial charge in [-0.2, -0.15) is 0 Å². The maximum atomic E-state index is 11.8. The highest BCUT2D eigenvalue weighted by molar-refractivity contribution is 7.89. The minimum absolute atomic E-state index is 0.146. The number of ether oxygens (including phenoxy) is 1. The molecule has 0 atom stereocenters. The van der Waals surface area contributed by atoms with Crippen molar-refractivity contribution in [3.05, 3.63) is 34.4 Å². The SMILES string of the molecule is O=C(OCCNS(=O)(=O)c1ccc([N+](=O)[O-])cc1)C(Cl)Cl. The van der Waals surface area contributed by atoms with Crippen molar-refractivity contribution in [2.24, 2.45) is 0 Å². The number of halogens is 2. The minimum Gasteiger partial charge on any atom is -0.462 e. The Morgan fingerprint density at radius 1 is 1.33 bits per heavy atom. The number of non-ortho nitro benzene ring substituents is 1. The van der Waals surface area contributed by atoms with Crippen LogP contribution >= 0.6 is 23.2 Å². The van der Waals surface area contributed by atoms with Crippen LogP contribution in [0.2, 0.25) is 0 Å². The number of carbonyl (C=O) groups is 1. The highest BCUT2D eigenvalue weighted by Crippen LogP contribution is 2.15. The molecular formula is C10H10Cl2N2O6S. The number of nitro groups is 1. The standard InChI is InChI=1S/C10H10Cl2N2O6S/c11-9(12)10(15)20-6-5-13-21(18,19)8-3-1-7(2-4-8)14(16)17/h1-4,9,13H,5-6H2. The number of hydrogen-bond donors (Lipinski definition) is 1. The van der Waals surface area contributed by atoms with E-state index in [1.165, 1.54) is 0 Å². The number of sulfonamides is 1. The molecule has 0 unspecified atom stereocenters. The van der Waals surface area contributed by atoms with E-state index in [4.69, 9.17) is 23.2 Å². The molecule has 0 aliphatic rings. The van der Waals surface area contributed by atoms with Crippen molar-refractivity contribution in [2.75, 3.05) is 13.2 Å². The van der Waals surface area contributed by atoms with Crippen LogP contribution in [0.5, 0.6) is 0 Å². The Balaban J connectivity index is 2.57. The molecule has 0 aliphatic carbocycles. The number of nitrogens with zero attached hydrogens (tertiary/aromatic N) is 1. The molecule has 0 aliphatic heterocycles. The number of nitrogens with one attached hydrogen (secondary N) is 1. The van der Waals surface area contributed by atoms with E-state index in [1.807, 2.05) is 0 Å². The molecule has 0 aromatic heterocycles. The van der Waals surface area contributed by atoms with Crippen molar-refractivity contribution in [1.29, 1.82) is 0 Å². The Morgan fingerprint density at radius 3 is 2.38 bits per heavy atom. The van der Waals surface area contributed by atoms with Gasteiger partial charge in [-0.15, -0.1) is 0 Å². The van der Waals surface area contributed by atoms with Crippen LogP contribution in [-0.2, 0) is 19.6 Å². The summed E-state index contributed by atoms with van der Waals surface area (Å²) in [6, 6.07) is 4.33. The zero-order chi connectivity index (χ0) is 16.0. The van der Waals surface area contributed by atoms with E-state index in [1.54, 1.807) is 0 Å². The molecule has 0 spiro atoms. The Labute approximate surface area is 130 Å². The average molecular weight is 357 g/mol. The van der Waals surface area contributed by atoms with Gasteiger partial charge in [-0.3, -0.25) is 10.1 Å². The van der Waals surface area contributed by atoms with Gasteiger partial charge in [0.15, 0.2) is 0 Å². The first-order valence-corrected chi connectivity index (χ1v) is 7.78. The average Bonchev–Trinajstić information content (AvgIpc) is 2.43. The van der Waals surface area contributed by atoms with Crippen molar-refractivity contribution in [3.8, 4) is 0 Å². The van der Waals surface area contributed by atoms with E-state index in [-0.39, 0.29) is 23.7 Å². The van der Waals surface area contributed by atoms with Crippen LogP contribution in [0.1, 0.15) is 0 Å². The summed E-state index contributed by atoms with van der Waals surface area (Å²) in [5, 5.41) is 10.5. The second-order valence-electron chi connectivity index (χ2n) is 3.62. The van der Waals surface area contributed by atoms with Crippen LogP contribution < -0.4 is 4.72 Å². The molecule has 0 heterocycles. The fourth-order valence-electron chi connectivity index (χ4n) is 1.22. The van der Waals surface area contributed by atoms with Gasteiger partial charge in [0, 0.05) is 18.7 Å². The molecule has 0 amide bonds.